The van der Waals surface area contributed by atoms with Crippen molar-refractivity contribution in [3.8, 4) is 0 Å². The summed E-state index contributed by atoms with van der Waals surface area (Å²) in [5.41, 5.74) is 3.01. The summed E-state index contributed by atoms with van der Waals surface area (Å²) in [7, 11) is 0. The second kappa shape index (κ2) is 11.0. The van der Waals surface area contributed by atoms with E-state index in [2.05, 4.69) is 5.32 Å². The first-order valence-electron chi connectivity index (χ1n) is 10.2. The van der Waals surface area contributed by atoms with Crippen LogP contribution in [0.5, 0.6) is 0 Å². The molecule has 5 heteroatoms. The van der Waals surface area contributed by atoms with Crippen LogP contribution in [0, 0.1) is 6.92 Å². The lowest BCUT2D eigenvalue weighted by atomic mass is 10.1. The third-order valence-electron chi connectivity index (χ3n) is 5.10. The van der Waals surface area contributed by atoms with Gasteiger partial charge in [-0.1, -0.05) is 67.4 Å². The van der Waals surface area contributed by atoms with Gasteiger partial charge in [0, 0.05) is 17.6 Å². The number of carbonyl (C=O) groups excluding carboxylic acids is 2. The van der Waals surface area contributed by atoms with Gasteiger partial charge in [-0.15, -0.1) is 0 Å². The minimum absolute atomic E-state index is 0.0702. The zero-order chi connectivity index (χ0) is 21.4. The van der Waals surface area contributed by atoms with Crippen LogP contribution in [0.3, 0.4) is 0 Å². The van der Waals surface area contributed by atoms with Gasteiger partial charge in [0.1, 0.15) is 6.04 Å². The summed E-state index contributed by atoms with van der Waals surface area (Å²) >= 11 is 6.08. The van der Waals surface area contributed by atoms with Gasteiger partial charge in [0.15, 0.2) is 0 Å². The number of nitrogens with zero attached hydrogens (tertiary/aromatic N) is 1. The van der Waals surface area contributed by atoms with E-state index in [1.54, 1.807) is 17.0 Å². The molecule has 1 N–H and O–H groups in total. The van der Waals surface area contributed by atoms with Crippen molar-refractivity contribution in [3.05, 3.63) is 70.2 Å². The highest BCUT2D eigenvalue weighted by atomic mass is 35.5. The number of aryl methyl sites for hydroxylation is 1. The third-order valence-corrected chi connectivity index (χ3v) is 5.34. The summed E-state index contributed by atoms with van der Waals surface area (Å²) in [4.78, 5) is 27.9. The van der Waals surface area contributed by atoms with Crippen molar-refractivity contribution in [1.29, 1.82) is 0 Å². The van der Waals surface area contributed by atoms with E-state index in [9.17, 15) is 9.59 Å². The number of carbonyl (C=O) groups is 2. The Morgan fingerprint density at radius 3 is 2.31 bits per heavy atom. The summed E-state index contributed by atoms with van der Waals surface area (Å²) in [6.45, 7) is 8.37. The fourth-order valence-electron chi connectivity index (χ4n) is 3.17. The van der Waals surface area contributed by atoms with Gasteiger partial charge in [0.05, 0.1) is 6.42 Å². The van der Waals surface area contributed by atoms with Crippen LogP contribution in [-0.4, -0.2) is 28.8 Å². The normalized spacial score (nSPS) is 12.9. The average Bonchev–Trinajstić information content (AvgIpc) is 2.69. The van der Waals surface area contributed by atoms with E-state index in [1.165, 1.54) is 0 Å². The van der Waals surface area contributed by atoms with Crippen molar-refractivity contribution in [2.45, 2.75) is 65.6 Å². The number of halogens is 1. The van der Waals surface area contributed by atoms with Gasteiger partial charge < -0.3 is 10.2 Å². The maximum atomic E-state index is 13.3. The highest BCUT2D eigenvalue weighted by Crippen LogP contribution is 2.17. The average molecular weight is 415 g/mol. The molecule has 2 amide bonds. The van der Waals surface area contributed by atoms with Crippen LogP contribution in [-0.2, 0) is 22.6 Å². The first-order chi connectivity index (χ1) is 13.8. The number of hydrogen-bond donors (Lipinski definition) is 1. The first kappa shape index (κ1) is 23.0. The quantitative estimate of drug-likeness (QED) is 0.633. The minimum atomic E-state index is -0.517. The molecule has 0 spiro atoms. The molecule has 0 fully saturated rings. The highest BCUT2D eigenvalue weighted by molar-refractivity contribution is 6.30. The smallest absolute Gasteiger partial charge is 0.243 e. The van der Waals surface area contributed by atoms with Crippen LogP contribution in [0.2, 0.25) is 5.02 Å². The molecule has 0 saturated carbocycles. The molecule has 2 aromatic carbocycles. The van der Waals surface area contributed by atoms with Gasteiger partial charge >= 0.3 is 0 Å². The van der Waals surface area contributed by atoms with Crippen LogP contribution < -0.4 is 5.32 Å². The molecule has 2 atom stereocenters. The molecule has 0 aliphatic rings. The molecule has 4 nitrogen and oxygen atoms in total. The van der Waals surface area contributed by atoms with Gasteiger partial charge in [-0.3, -0.25) is 9.59 Å². The van der Waals surface area contributed by atoms with E-state index in [1.807, 2.05) is 64.1 Å². The van der Waals surface area contributed by atoms with Crippen molar-refractivity contribution < 1.29 is 9.59 Å². The summed E-state index contributed by atoms with van der Waals surface area (Å²) in [5.74, 6) is -0.188. The number of nitrogens with one attached hydrogen (secondary N) is 1. The molecule has 0 radical (unpaired) electrons. The Morgan fingerprint density at radius 2 is 1.72 bits per heavy atom. The predicted molar refractivity (Wildman–Crippen MR) is 119 cm³/mol. The molecule has 29 heavy (non-hydrogen) atoms. The van der Waals surface area contributed by atoms with Crippen molar-refractivity contribution in [3.63, 3.8) is 0 Å². The Labute approximate surface area is 179 Å². The molecular weight excluding hydrogens is 384 g/mol. The van der Waals surface area contributed by atoms with Gasteiger partial charge in [0.25, 0.3) is 0 Å². The molecule has 0 aliphatic carbocycles. The molecule has 0 saturated heterocycles. The second-order valence-corrected chi connectivity index (χ2v) is 7.99. The lowest BCUT2D eigenvalue weighted by Crippen LogP contribution is -2.51. The van der Waals surface area contributed by atoms with E-state index in [-0.39, 0.29) is 24.3 Å². The Balaban J connectivity index is 2.28. The van der Waals surface area contributed by atoms with Crippen LogP contribution in [0.25, 0.3) is 0 Å². The SMILES string of the molecule is CC[C@@H](C)NC(=O)[C@H](CC)N(Cc1ccc(C)cc1)C(=O)Cc1cccc(Cl)c1. The van der Waals surface area contributed by atoms with Crippen LogP contribution >= 0.6 is 11.6 Å². The first-order valence-corrected chi connectivity index (χ1v) is 10.6. The standard InChI is InChI=1S/C24H31ClN2O2/c1-5-18(4)26-24(29)22(6-2)27(16-19-12-10-17(3)11-13-19)23(28)15-20-8-7-9-21(25)14-20/h7-14,18,22H,5-6,15-16H2,1-4H3,(H,26,29)/t18-,22+/m1/s1. The summed E-state index contributed by atoms with van der Waals surface area (Å²) in [5, 5.41) is 3.63. The molecule has 0 aliphatic heterocycles. The molecule has 0 aromatic heterocycles. The van der Waals surface area contributed by atoms with Crippen molar-refractivity contribution in [1.82, 2.24) is 10.2 Å². The van der Waals surface area contributed by atoms with Crippen molar-refractivity contribution >= 4 is 23.4 Å². The topological polar surface area (TPSA) is 49.4 Å². The number of amides is 2. The maximum Gasteiger partial charge on any atom is 0.243 e. The van der Waals surface area contributed by atoms with Gasteiger partial charge in [-0.05, 0) is 49.9 Å². The van der Waals surface area contributed by atoms with Crippen LogP contribution in [0.15, 0.2) is 48.5 Å². The summed E-state index contributed by atoms with van der Waals surface area (Å²) in [6, 6.07) is 14.9. The van der Waals surface area contributed by atoms with E-state index in [4.69, 9.17) is 11.6 Å². The monoisotopic (exact) mass is 414 g/mol. The Kier molecular flexibility index (Phi) is 8.71. The Bertz CT molecular complexity index is 820. The molecular formula is C24H31ClN2O2. The van der Waals surface area contributed by atoms with E-state index in [0.717, 1.165) is 23.1 Å². The maximum absolute atomic E-state index is 13.3. The van der Waals surface area contributed by atoms with Gasteiger partial charge in [0.2, 0.25) is 11.8 Å². The van der Waals surface area contributed by atoms with E-state index < -0.39 is 6.04 Å². The van der Waals surface area contributed by atoms with Gasteiger partial charge in [-0.2, -0.15) is 0 Å². The van der Waals surface area contributed by atoms with Crippen LogP contribution in [0.4, 0.5) is 0 Å². The Hall–Kier alpha value is -2.33. The zero-order valence-corrected chi connectivity index (χ0v) is 18.5. The summed E-state index contributed by atoms with van der Waals surface area (Å²) < 4.78 is 0. The molecule has 156 valence electrons. The van der Waals surface area contributed by atoms with Gasteiger partial charge in [-0.25, -0.2) is 0 Å². The minimum Gasteiger partial charge on any atom is -0.352 e. The predicted octanol–water partition coefficient (Wildman–Crippen LogP) is 4.91. The van der Waals surface area contributed by atoms with Crippen LogP contribution in [0.1, 0.15) is 50.3 Å². The largest absolute Gasteiger partial charge is 0.352 e. The molecule has 0 unspecified atom stereocenters. The second-order valence-electron chi connectivity index (χ2n) is 7.56. The highest BCUT2D eigenvalue weighted by Gasteiger charge is 2.29. The molecule has 0 bridgehead atoms. The van der Waals surface area contributed by atoms with Crippen molar-refractivity contribution in [2.75, 3.05) is 0 Å². The number of hydrogen-bond acceptors (Lipinski definition) is 2. The number of rotatable bonds is 9. The fraction of sp³-hybridized carbons (Fsp3) is 0.417. The lowest BCUT2D eigenvalue weighted by Gasteiger charge is -2.31. The van der Waals surface area contributed by atoms with E-state index in [0.29, 0.717) is 18.0 Å². The summed E-state index contributed by atoms with van der Waals surface area (Å²) in [6.07, 6.45) is 1.60. The molecule has 2 rings (SSSR count). The molecule has 0 heterocycles. The fourth-order valence-corrected chi connectivity index (χ4v) is 3.39. The lowest BCUT2D eigenvalue weighted by molar-refractivity contribution is -0.141. The van der Waals surface area contributed by atoms with E-state index >= 15 is 0 Å². The van der Waals surface area contributed by atoms with Crippen molar-refractivity contribution in [2.24, 2.45) is 0 Å². The number of benzene rings is 2. The third kappa shape index (κ3) is 6.90. The zero-order valence-electron chi connectivity index (χ0n) is 17.7. The molecule has 2 aromatic rings. The Morgan fingerprint density at radius 1 is 1.03 bits per heavy atom.